The molecule has 0 aliphatic carbocycles. The summed E-state index contributed by atoms with van der Waals surface area (Å²) in [4.78, 5) is 0. The molecule has 60 valence electrons. The van der Waals surface area contributed by atoms with Crippen LogP contribution in [-0.4, -0.2) is 20.0 Å². The molecule has 0 radical (unpaired) electrons. The van der Waals surface area contributed by atoms with Crippen LogP contribution in [0.1, 0.15) is 0 Å². The minimum atomic E-state index is -0.845. The van der Waals surface area contributed by atoms with Gasteiger partial charge >= 0.3 is 0 Å². The van der Waals surface area contributed by atoms with Gasteiger partial charge in [0.2, 0.25) is 0 Å². The lowest BCUT2D eigenvalue weighted by Gasteiger charge is -2.14. The first-order valence-corrected chi connectivity index (χ1v) is 3.10. The predicted octanol–water partition coefficient (Wildman–Crippen LogP) is 2.31. The SMILES string of the molecule is C=CC(CF)C(CF)CF. The summed E-state index contributed by atoms with van der Waals surface area (Å²) < 4.78 is 35.5. The molecule has 0 fully saturated rings. The van der Waals surface area contributed by atoms with E-state index in [-0.39, 0.29) is 0 Å². The van der Waals surface area contributed by atoms with Gasteiger partial charge in [-0.1, -0.05) is 6.08 Å². The smallest absolute Gasteiger partial charge is 0.0961 e. The standard InChI is InChI=1S/C7H11F3/c1-2-6(3-8)7(4-9)5-10/h2,6-7H,1,3-5H2. The van der Waals surface area contributed by atoms with Crippen LogP contribution >= 0.6 is 0 Å². The number of halogens is 3. The summed E-state index contributed by atoms with van der Waals surface area (Å²) in [5.74, 6) is -1.52. The fourth-order valence-electron chi connectivity index (χ4n) is 0.652. The number of allylic oxidation sites excluding steroid dienone is 1. The number of rotatable bonds is 5. The Morgan fingerprint density at radius 2 is 1.60 bits per heavy atom. The van der Waals surface area contributed by atoms with Crippen LogP contribution < -0.4 is 0 Å². The molecule has 0 amide bonds. The largest absolute Gasteiger partial charge is 0.251 e. The molecular weight excluding hydrogens is 141 g/mol. The van der Waals surface area contributed by atoms with Gasteiger partial charge in [0.15, 0.2) is 0 Å². The molecule has 0 spiro atoms. The molecule has 0 rings (SSSR count). The summed E-state index contributed by atoms with van der Waals surface area (Å²) >= 11 is 0. The van der Waals surface area contributed by atoms with Gasteiger partial charge in [0.05, 0.1) is 20.0 Å². The van der Waals surface area contributed by atoms with Gasteiger partial charge in [-0.2, -0.15) is 0 Å². The molecule has 0 aromatic rings. The van der Waals surface area contributed by atoms with Crippen LogP contribution in [0.5, 0.6) is 0 Å². The van der Waals surface area contributed by atoms with Crippen LogP contribution in [0.15, 0.2) is 12.7 Å². The maximum absolute atomic E-state index is 11.9. The van der Waals surface area contributed by atoms with Crippen molar-refractivity contribution in [2.24, 2.45) is 11.8 Å². The van der Waals surface area contributed by atoms with Crippen molar-refractivity contribution in [1.82, 2.24) is 0 Å². The average Bonchev–Trinajstić information content (AvgIpc) is 2.00. The second kappa shape index (κ2) is 5.33. The highest BCUT2D eigenvalue weighted by molar-refractivity contribution is 4.83. The van der Waals surface area contributed by atoms with Crippen molar-refractivity contribution >= 4 is 0 Å². The molecule has 0 aromatic heterocycles. The minimum absolute atomic E-state index is 0.671. The van der Waals surface area contributed by atoms with Crippen molar-refractivity contribution in [2.75, 3.05) is 20.0 Å². The molecule has 0 aliphatic heterocycles. The Balaban J connectivity index is 3.81. The van der Waals surface area contributed by atoms with Gasteiger partial charge in [-0.25, -0.2) is 0 Å². The van der Waals surface area contributed by atoms with E-state index in [1.807, 2.05) is 0 Å². The van der Waals surface area contributed by atoms with Gasteiger partial charge in [-0.05, 0) is 0 Å². The molecule has 1 unspecified atom stereocenters. The summed E-state index contributed by atoms with van der Waals surface area (Å²) in [5.41, 5.74) is 0. The van der Waals surface area contributed by atoms with E-state index in [1.165, 1.54) is 6.08 Å². The third-order valence-electron chi connectivity index (χ3n) is 1.48. The van der Waals surface area contributed by atoms with Crippen molar-refractivity contribution in [1.29, 1.82) is 0 Å². The zero-order valence-corrected chi connectivity index (χ0v) is 5.69. The molecule has 0 saturated carbocycles. The lowest BCUT2D eigenvalue weighted by atomic mass is 9.96. The molecule has 0 aliphatic rings. The van der Waals surface area contributed by atoms with E-state index in [0.717, 1.165) is 0 Å². The van der Waals surface area contributed by atoms with Crippen LogP contribution in [-0.2, 0) is 0 Å². The van der Waals surface area contributed by atoms with Gasteiger partial charge < -0.3 is 0 Å². The Kier molecular flexibility index (Phi) is 5.08. The summed E-state index contributed by atoms with van der Waals surface area (Å²) in [7, 11) is 0. The van der Waals surface area contributed by atoms with E-state index in [9.17, 15) is 13.2 Å². The molecule has 0 heterocycles. The van der Waals surface area contributed by atoms with Crippen molar-refractivity contribution in [3.8, 4) is 0 Å². The van der Waals surface area contributed by atoms with E-state index in [4.69, 9.17) is 0 Å². The highest BCUT2D eigenvalue weighted by Gasteiger charge is 2.17. The number of hydrogen-bond acceptors (Lipinski definition) is 0. The van der Waals surface area contributed by atoms with Crippen molar-refractivity contribution in [2.45, 2.75) is 0 Å². The van der Waals surface area contributed by atoms with Gasteiger partial charge in [-0.15, -0.1) is 6.58 Å². The molecule has 0 aromatic carbocycles. The molecule has 3 heteroatoms. The Hall–Kier alpha value is -0.470. The second-order valence-corrected chi connectivity index (χ2v) is 2.12. The topological polar surface area (TPSA) is 0 Å². The number of hydrogen-bond donors (Lipinski definition) is 0. The Morgan fingerprint density at radius 1 is 1.10 bits per heavy atom. The fraction of sp³-hybridized carbons (Fsp3) is 0.714. The van der Waals surface area contributed by atoms with Gasteiger partial charge in [0.1, 0.15) is 0 Å². The average molecular weight is 152 g/mol. The molecular formula is C7H11F3. The summed E-state index contributed by atoms with van der Waals surface area (Å²) in [6, 6.07) is 0. The van der Waals surface area contributed by atoms with E-state index in [1.54, 1.807) is 0 Å². The molecule has 10 heavy (non-hydrogen) atoms. The maximum atomic E-state index is 11.9. The fourth-order valence-corrected chi connectivity index (χ4v) is 0.652. The van der Waals surface area contributed by atoms with E-state index in [2.05, 4.69) is 6.58 Å². The van der Waals surface area contributed by atoms with Crippen molar-refractivity contribution in [3.63, 3.8) is 0 Å². The Labute approximate surface area is 58.7 Å². The zero-order chi connectivity index (χ0) is 7.98. The monoisotopic (exact) mass is 152 g/mol. The lowest BCUT2D eigenvalue weighted by molar-refractivity contribution is 0.210. The first-order chi connectivity index (χ1) is 4.79. The molecule has 1 atom stereocenters. The first kappa shape index (κ1) is 9.53. The highest BCUT2D eigenvalue weighted by Crippen LogP contribution is 2.14. The maximum Gasteiger partial charge on any atom is 0.0961 e. The molecule has 0 N–H and O–H groups in total. The van der Waals surface area contributed by atoms with Gasteiger partial charge in [0.25, 0.3) is 0 Å². The van der Waals surface area contributed by atoms with Gasteiger partial charge in [0, 0.05) is 11.8 Å². The van der Waals surface area contributed by atoms with E-state index < -0.39 is 31.9 Å². The minimum Gasteiger partial charge on any atom is -0.251 e. The Bertz CT molecular complexity index is 88.9. The summed E-state index contributed by atoms with van der Waals surface area (Å²) in [6.07, 6.45) is 1.25. The summed E-state index contributed by atoms with van der Waals surface area (Å²) in [6.45, 7) is 0.897. The summed E-state index contributed by atoms with van der Waals surface area (Å²) in [5, 5.41) is 0. The molecule has 0 saturated heterocycles. The van der Waals surface area contributed by atoms with Crippen LogP contribution in [0.2, 0.25) is 0 Å². The highest BCUT2D eigenvalue weighted by atomic mass is 19.1. The Morgan fingerprint density at radius 3 is 1.70 bits per heavy atom. The third kappa shape index (κ3) is 2.42. The second-order valence-electron chi connectivity index (χ2n) is 2.12. The van der Waals surface area contributed by atoms with Crippen LogP contribution in [0, 0.1) is 11.8 Å². The van der Waals surface area contributed by atoms with Crippen LogP contribution in [0.4, 0.5) is 13.2 Å². The first-order valence-electron chi connectivity index (χ1n) is 3.10. The normalized spacial score (nSPS) is 13.6. The van der Waals surface area contributed by atoms with E-state index in [0.29, 0.717) is 0 Å². The van der Waals surface area contributed by atoms with Crippen LogP contribution in [0.3, 0.4) is 0 Å². The van der Waals surface area contributed by atoms with Gasteiger partial charge in [-0.3, -0.25) is 13.2 Å². The predicted molar refractivity (Wildman–Crippen MR) is 35.1 cm³/mol. The number of alkyl halides is 3. The molecule has 0 nitrogen and oxygen atoms in total. The molecule has 0 bridgehead atoms. The van der Waals surface area contributed by atoms with Crippen molar-refractivity contribution in [3.05, 3.63) is 12.7 Å². The van der Waals surface area contributed by atoms with E-state index >= 15 is 0 Å². The van der Waals surface area contributed by atoms with Crippen molar-refractivity contribution < 1.29 is 13.2 Å². The third-order valence-corrected chi connectivity index (χ3v) is 1.48. The quantitative estimate of drug-likeness (QED) is 0.530. The zero-order valence-electron chi connectivity index (χ0n) is 5.69. The lowest BCUT2D eigenvalue weighted by Crippen LogP contribution is -2.18. The van der Waals surface area contributed by atoms with Crippen LogP contribution in [0.25, 0.3) is 0 Å².